The molecule has 0 bridgehead atoms. The zero-order valence-corrected chi connectivity index (χ0v) is 16.3. The normalized spacial score (nSPS) is 11.1. The molecule has 0 saturated heterocycles. The van der Waals surface area contributed by atoms with Crippen LogP contribution < -0.4 is 5.56 Å². The first-order valence-corrected chi connectivity index (χ1v) is 9.11. The van der Waals surface area contributed by atoms with Crippen molar-refractivity contribution in [1.82, 2.24) is 19.6 Å². The molecule has 8 heteroatoms. The molecule has 0 aliphatic heterocycles. The molecule has 0 N–H and O–H groups in total. The molecule has 0 spiro atoms. The number of aryl methyl sites for hydroxylation is 3. The molecule has 0 fully saturated rings. The second-order valence-electron chi connectivity index (χ2n) is 7.08. The Morgan fingerprint density at radius 3 is 2.62 bits per heavy atom. The van der Waals surface area contributed by atoms with Gasteiger partial charge in [0.25, 0.3) is 11.2 Å². The van der Waals surface area contributed by atoms with E-state index in [0.717, 1.165) is 16.8 Å². The molecule has 4 aromatic rings. The predicted octanol–water partition coefficient (Wildman–Crippen LogP) is 3.46. The van der Waals surface area contributed by atoms with Crippen molar-refractivity contribution in [3.8, 4) is 5.69 Å². The van der Waals surface area contributed by atoms with Crippen LogP contribution in [0.25, 0.3) is 16.6 Å². The maximum atomic E-state index is 13.2. The SMILES string of the molecule is Cc1ccc(-n2ncc3c(C)nn(Cc4cccc([N+](=O)[O-])c4)c(=O)c32)c(C)c1. The van der Waals surface area contributed by atoms with E-state index >= 15 is 0 Å². The molecule has 0 saturated carbocycles. The molecule has 146 valence electrons. The third kappa shape index (κ3) is 3.29. The van der Waals surface area contributed by atoms with Gasteiger partial charge in [0.15, 0.2) is 0 Å². The van der Waals surface area contributed by atoms with E-state index in [1.807, 2.05) is 39.0 Å². The summed E-state index contributed by atoms with van der Waals surface area (Å²) in [4.78, 5) is 23.8. The molecule has 0 aliphatic carbocycles. The van der Waals surface area contributed by atoms with Crippen molar-refractivity contribution < 1.29 is 4.92 Å². The Labute approximate surface area is 166 Å². The van der Waals surface area contributed by atoms with Gasteiger partial charge in [-0.1, -0.05) is 29.8 Å². The smallest absolute Gasteiger partial charge is 0.265 e. The highest BCUT2D eigenvalue weighted by Gasteiger charge is 2.17. The molecular weight excluding hydrogens is 370 g/mol. The van der Waals surface area contributed by atoms with E-state index in [4.69, 9.17) is 0 Å². The zero-order valence-electron chi connectivity index (χ0n) is 16.3. The number of aromatic nitrogens is 4. The van der Waals surface area contributed by atoms with Gasteiger partial charge in [0.1, 0.15) is 5.52 Å². The third-order valence-corrected chi connectivity index (χ3v) is 4.90. The summed E-state index contributed by atoms with van der Waals surface area (Å²) in [6, 6.07) is 12.2. The molecule has 4 rings (SSSR count). The highest BCUT2D eigenvalue weighted by atomic mass is 16.6. The maximum Gasteiger partial charge on any atom is 0.293 e. The van der Waals surface area contributed by atoms with E-state index in [1.165, 1.54) is 16.8 Å². The number of rotatable bonds is 4. The lowest BCUT2D eigenvalue weighted by atomic mass is 10.1. The van der Waals surface area contributed by atoms with Gasteiger partial charge < -0.3 is 0 Å². The lowest BCUT2D eigenvalue weighted by molar-refractivity contribution is -0.384. The van der Waals surface area contributed by atoms with Crippen molar-refractivity contribution in [3.05, 3.63) is 91.5 Å². The molecule has 8 nitrogen and oxygen atoms in total. The fourth-order valence-electron chi connectivity index (χ4n) is 3.50. The van der Waals surface area contributed by atoms with E-state index in [2.05, 4.69) is 10.2 Å². The molecule has 0 atom stereocenters. The van der Waals surface area contributed by atoms with E-state index < -0.39 is 4.92 Å². The van der Waals surface area contributed by atoms with Crippen LogP contribution in [0, 0.1) is 30.9 Å². The average molecular weight is 389 g/mol. The average Bonchev–Trinajstić information content (AvgIpc) is 3.12. The largest absolute Gasteiger partial charge is 0.293 e. The summed E-state index contributed by atoms with van der Waals surface area (Å²) in [6.07, 6.45) is 1.65. The van der Waals surface area contributed by atoms with Crippen molar-refractivity contribution in [2.24, 2.45) is 0 Å². The molecular formula is C21H19N5O3. The second-order valence-corrected chi connectivity index (χ2v) is 7.08. The summed E-state index contributed by atoms with van der Waals surface area (Å²) in [6.45, 7) is 5.94. The topological polar surface area (TPSA) is 95.8 Å². The molecule has 2 aromatic carbocycles. The van der Waals surface area contributed by atoms with Crippen LogP contribution in [0.15, 0.2) is 53.5 Å². The summed E-state index contributed by atoms with van der Waals surface area (Å²) >= 11 is 0. The summed E-state index contributed by atoms with van der Waals surface area (Å²) in [5.74, 6) is 0. The van der Waals surface area contributed by atoms with Crippen molar-refractivity contribution in [2.75, 3.05) is 0 Å². The summed E-state index contributed by atoms with van der Waals surface area (Å²) in [5.41, 5.74) is 4.39. The second kappa shape index (κ2) is 6.97. The van der Waals surface area contributed by atoms with Crippen LogP contribution in [0.1, 0.15) is 22.4 Å². The van der Waals surface area contributed by atoms with E-state index in [0.29, 0.717) is 22.2 Å². The maximum absolute atomic E-state index is 13.2. The van der Waals surface area contributed by atoms with Crippen LogP contribution in [0.5, 0.6) is 0 Å². The Morgan fingerprint density at radius 1 is 1.10 bits per heavy atom. The lowest BCUT2D eigenvalue weighted by Crippen LogP contribution is -2.26. The molecule has 0 radical (unpaired) electrons. The van der Waals surface area contributed by atoms with Gasteiger partial charge >= 0.3 is 0 Å². The Bertz CT molecular complexity index is 1320. The first kappa shape index (κ1) is 18.5. The molecule has 29 heavy (non-hydrogen) atoms. The van der Waals surface area contributed by atoms with E-state index in [1.54, 1.807) is 23.0 Å². The molecule has 2 aromatic heterocycles. The van der Waals surface area contributed by atoms with Crippen LogP contribution >= 0.6 is 0 Å². The fraction of sp³-hybridized carbons (Fsp3) is 0.190. The fourth-order valence-corrected chi connectivity index (χ4v) is 3.50. The third-order valence-electron chi connectivity index (χ3n) is 4.90. The van der Waals surface area contributed by atoms with Crippen molar-refractivity contribution >= 4 is 16.6 Å². The van der Waals surface area contributed by atoms with Gasteiger partial charge in [-0.05, 0) is 38.0 Å². The quantitative estimate of drug-likeness (QED) is 0.393. The van der Waals surface area contributed by atoms with Crippen LogP contribution in [-0.2, 0) is 6.54 Å². The predicted molar refractivity (Wildman–Crippen MR) is 110 cm³/mol. The monoisotopic (exact) mass is 389 g/mol. The number of non-ortho nitro benzene ring substituents is 1. The summed E-state index contributed by atoms with van der Waals surface area (Å²) < 4.78 is 2.98. The number of fused-ring (bicyclic) bond motifs is 1. The first-order valence-electron chi connectivity index (χ1n) is 9.11. The Morgan fingerprint density at radius 2 is 1.90 bits per heavy atom. The molecule has 2 heterocycles. The zero-order chi connectivity index (χ0) is 20.7. The summed E-state index contributed by atoms with van der Waals surface area (Å²) in [7, 11) is 0. The molecule has 0 unspecified atom stereocenters. The minimum absolute atomic E-state index is 0.0197. The minimum atomic E-state index is -0.455. The highest BCUT2D eigenvalue weighted by molar-refractivity contribution is 5.81. The Kier molecular flexibility index (Phi) is 4.46. The van der Waals surface area contributed by atoms with Crippen molar-refractivity contribution in [3.63, 3.8) is 0 Å². The number of hydrogen-bond donors (Lipinski definition) is 0. The minimum Gasteiger partial charge on any atom is -0.265 e. The van der Waals surface area contributed by atoms with Crippen LogP contribution in [0.4, 0.5) is 5.69 Å². The molecule has 0 aliphatic rings. The first-order chi connectivity index (χ1) is 13.8. The van der Waals surface area contributed by atoms with Gasteiger partial charge in [-0.25, -0.2) is 9.36 Å². The lowest BCUT2D eigenvalue weighted by Gasteiger charge is -2.10. The van der Waals surface area contributed by atoms with Gasteiger partial charge in [-0.2, -0.15) is 10.2 Å². The number of hydrogen-bond acceptors (Lipinski definition) is 5. The number of benzene rings is 2. The van der Waals surface area contributed by atoms with Crippen LogP contribution in [0.3, 0.4) is 0 Å². The van der Waals surface area contributed by atoms with Gasteiger partial charge in [-0.15, -0.1) is 0 Å². The van der Waals surface area contributed by atoms with Crippen molar-refractivity contribution in [2.45, 2.75) is 27.3 Å². The van der Waals surface area contributed by atoms with Gasteiger partial charge in [0, 0.05) is 17.5 Å². The van der Waals surface area contributed by atoms with Gasteiger partial charge in [0.05, 0.1) is 29.0 Å². The number of nitro groups is 1. The van der Waals surface area contributed by atoms with Gasteiger partial charge in [0.2, 0.25) is 0 Å². The Balaban J connectivity index is 1.87. The molecule has 0 amide bonds. The van der Waals surface area contributed by atoms with Crippen molar-refractivity contribution in [1.29, 1.82) is 0 Å². The van der Waals surface area contributed by atoms with E-state index in [9.17, 15) is 14.9 Å². The van der Waals surface area contributed by atoms with Gasteiger partial charge in [-0.3, -0.25) is 14.9 Å². The summed E-state index contributed by atoms with van der Waals surface area (Å²) in [5, 5.41) is 20.6. The van der Waals surface area contributed by atoms with Crippen LogP contribution in [-0.4, -0.2) is 24.5 Å². The number of nitrogens with zero attached hydrogens (tertiary/aromatic N) is 5. The Hall–Kier alpha value is -3.81. The standard InChI is InChI=1S/C21H19N5O3/c1-13-7-8-19(14(2)9-13)25-20-18(11-22-25)15(3)23-24(21(20)27)12-16-5-4-6-17(10-16)26(28)29/h4-11H,12H2,1-3H3. The number of nitro benzene ring substituents is 1. The van der Waals surface area contributed by atoms with E-state index in [-0.39, 0.29) is 17.8 Å². The van der Waals surface area contributed by atoms with Crippen LogP contribution in [0.2, 0.25) is 0 Å². The highest BCUT2D eigenvalue weighted by Crippen LogP contribution is 2.21.